The molecule has 0 atom stereocenters. The van der Waals surface area contributed by atoms with Crippen molar-refractivity contribution in [2.75, 3.05) is 5.32 Å². The lowest BCUT2D eigenvalue weighted by molar-refractivity contribution is -0.115. The molecule has 2 heterocycles. The zero-order valence-electron chi connectivity index (χ0n) is 13.9. The fourth-order valence-electron chi connectivity index (χ4n) is 3.23. The van der Waals surface area contributed by atoms with Crippen LogP contribution in [0, 0.1) is 0 Å². The van der Waals surface area contributed by atoms with Crippen LogP contribution in [0.2, 0.25) is 0 Å². The molecular formula is C19H20N2O2S. The molecule has 1 aliphatic carbocycles. The highest BCUT2D eigenvalue weighted by Crippen LogP contribution is 2.30. The van der Waals surface area contributed by atoms with Crippen LogP contribution in [0.3, 0.4) is 0 Å². The Balaban J connectivity index is 1.52. The van der Waals surface area contributed by atoms with Gasteiger partial charge in [-0.1, -0.05) is 13.8 Å². The van der Waals surface area contributed by atoms with Crippen molar-refractivity contribution in [2.24, 2.45) is 0 Å². The monoisotopic (exact) mass is 340 g/mol. The first-order valence-electron chi connectivity index (χ1n) is 8.37. The van der Waals surface area contributed by atoms with Gasteiger partial charge in [0.05, 0.1) is 18.4 Å². The van der Waals surface area contributed by atoms with Gasteiger partial charge in [0.15, 0.2) is 5.13 Å². The Morgan fingerprint density at radius 3 is 2.88 bits per heavy atom. The second-order valence-corrected chi connectivity index (χ2v) is 7.55. The molecule has 4 rings (SSSR count). The number of aromatic nitrogens is 1. The number of fused-ring (bicyclic) bond motifs is 2. The van der Waals surface area contributed by atoms with Crippen LogP contribution in [0.15, 0.2) is 28.2 Å². The number of carbonyl (C=O) groups is 1. The lowest BCUT2D eigenvalue weighted by Crippen LogP contribution is -2.14. The highest BCUT2D eigenvalue weighted by Gasteiger charge is 2.17. The molecule has 124 valence electrons. The summed E-state index contributed by atoms with van der Waals surface area (Å²) in [5.41, 5.74) is 5.62. The zero-order chi connectivity index (χ0) is 16.7. The molecule has 0 saturated carbocycles. The third kappa shape index (κ3) is 2.84. The van der Waals surface area contributed by atoms with Gasteiger partial charge in [0.2, 0.25) is 5.91 Å². The number of furan rings is 1. The molecule has 1 aliphatic rings. The van der Waals surface area contributed by atoms with Crippen molar-refractivity contribution in [3.05, 3.63) is 46.2 Å². The molecule has 2 aromatic heterocycles. The molecule has 0 saturated heterocycles. The fourth-order valence-corrected chi connectivity index (χ4v) is 4.12. The van der Waals surface area contributed by atoms with Crippen LogP contribution in [0.4, 0.5) is 5.13 Å². The summed E-state index contributed by atoms with van der Waals surface area (Å²) in [6.45, 7) is 4.19. The highest BCUT2D eigenvalue weighted by molar-refractivity contribution is 7.13. The maximum Gasteiger partial charge on any atom is 0.230 e. The van der Waals surface area contributed by atoms with Crippen molar-refractivity contribution in [1.82, 2.24) is 4.98 Å². The predicted octanol–water partition coefficient (Wildman–Crippen LogP) is 4.68. The topological polar surface area (TPSA) is 55.1 Å². The summed E-state index contributed by atoms with van der Waals surface area (Å²) in [6.07, 6.45) is 5.48. The Morgan fingerprint density at radius 2 is 2.12 bits per heavy atom. The lowest BCUT2D eigenvalue weighted by atomic mass is 10.0. The standard InChI is InChI=1S/C19H20N2O2S/c1-11(2)16-10-24-19(20-16)21-18(22)8-14-9-23-17-7-13-5-3-4-12(13)6-15(14)17/h6-7,9-11H,3-5,8H2,1-2H3,(H,20,21,22). The van der Waals surface area contributed by atoms with Crippen LogP contribution in [0.1, 0.15) is 48.6 Å². The minimum Gasteiger partial charge on any atom is -0.464 e. The van der Waals surface area contributed by atoms with Crippen LogP contribution in [0.5, 0.6) is 0 Å². The number of hydrogen-bond acceptors (Lipinski definition) is 4. The molecule has 1 amide bonds. The molecule has 0 aliphatic heterocycles. The maximum atomic E-state index is 12.4. The van der Waals surface area contributed by atoms with Crippen molar-refractivity contribution in [1.29, 1.82) is 0 Å². The van der Waals surface area contributed by atoms with Crippen LogP contribution < -0.4 is 5.32 Å². The Labute approximate surface area is 144 Å². The Kier molecular flexibility index (Phi) is 3.88. The van der Waals surface area contributed by atoms with Crippen molar-refractivity contribution in [2.45, 2.75) is 45.4 Å². The molecule has 0 spiro atoms. The number of aryl methyl sites for hydroxylation is 2. The fraction of sp³-hybridized carbons (Fsp3) is 0.368. The molecule has 0 radical (unpaired) electrons. The van der Waals surface area contributed by atoms with Crippen LogP contribution in [-0.2, 0) is 24.1 Å². The van der Waals surface area contributed by atoms with E-state index in [0.717, 1.165) is 35.1 Å². The van der Waals surface area contributed by atoms with E-state index in [4.69, 9.17) is 4.42 Å². The van der Waals surface area contributed by atoms with E-state index in [1.165, 1.54) is 28.9 Å². The van der Waals surface area contributed by atoms with E-state index in [2.05, 4.69) is 36.3 Å². The number of benzene rings is 1. The molecule has 24 heavy (non-hydrogen) atoms. The highest BCUT2D eigenvalue weighted by atomic mass is 32.1. The van der Waals surface area contributed by atoms with Gasteiger partial charge >= 0.3 is 0 Å². The van der Waals surface area contributed by atoms with Crippen molar-refractivity contribution < 1.29 is 9.21 Å². The van der Waals surface area contributed by atoms with Crippen LogP contribution >= 0.6 is 11.3 Å². The molecule has 0 unspecified atom stereocenters. The second-order valence-electron chi connectivity index (χ2n) is 6.69. The molecule has 0 bridgehead atoms. The van der Waals surface area contributed by atoms with Crippen molar-refractivity contribution in [3.63, 3.8) is 0 Å². The van der Waals surface area contributed by atoms with E-state index < -0.39 is 0 Å². The van der Waals surface area contributed by atoms with Gasteiger partial charge < -0.3 is 9.73 Å². The van der Waals surface area contributed by atoms with E-state index in [-0.39, 0.29) is 5.91 Å². The van der Waals surface area contributed by atoms with E-state index in [0.29, 0.717) is 17.5 Å². The van der Waals surface area contributed by atoms with Gasteiger partial charge in [-0.25, -0.2) is 4.98 Å². The summed E-state index contributed by atoms with van der Waals surface area (Å²) in [7, 11) is 0. The second kappa shape index (κ2) is 6.06. The van der Waals surface area contributed by atoms with Gasteiger partial charge in [-0.15, -0.1) is 11.3 Å². The normalized spacial score (nSPS) is 13.6. The molecule has 1 N–H and O–H groups in total. The Bertz CT molecular complexity index is 907. The van der Waals surface area contributed by atoms with Crippen LogP contribution in [-0.4, -0.2) is 10.9 Å². The summed E-state index contributed by atoms with van der Waals surface area (Å²) in [5.74, 6) is 0.315. The summed E-state index contributed by atoms with van der Waals surface area (Å²) < 4.78 is 5.67. The van der Waals surface area contributed by atoms with E-state index in [1.807, 2.05) is 5.38 Å². The first-order chi connectivity index (χ1) is 11.6. The number of anilines is 1. The number of thiazole rings is 1. The summed E-state index contributed by atoms with van der Waals surface area (Å²) in [5, 5.41) is 6.62. The molecule has 0 fully saturated rings. The van der Waals surface area contributed by atoms with Gasteiger partial charge in [0, 0.05) is 16.3 Å². The Morgan fingerprint density at radius 1 is 1.33 bits per heavy atom. The van der Waals surface area contributed by atoms with Gasteiger partial charge in [0.1, 0.15) is 5.58 Å². The van der Waals surface area contributed by atoms with E-state index >= 15 is 0 Å². The molecule has 4 nitrogen and oxygen atoms in total. The number of amides is 1. The summed E-state index contributed by atoms with van der Waals surface area (Å²) in [6, 6.07) is 4.33. The van der Waals surface area contributed by atoms with Crippen LogP contribution in [0.25, 0.3) is 11.0 Å². The largest absolute Gasteiger partial charge is 0.464 e. The minimum absolute atomic E-state index is 0.0529. The minimum atomic E-state index is -0.0529. The van der Waals surface area contributed by atoms with Crippen molar-refractivity contribution in [3.8, 4) is 0 Å². The third-order valence-corrected chi connectivity index (χ3v) is 5.35. The molecular weight excluding hydrogens is 320 g/mol. The number of nitrogens with one attached hydrogen (secondary N) is 1. The third-order valence-electron chi connectivity index (χ3n) is 4.58. The molecule has 3 aromatic rings. The van der Waals surface area contributed by atoms with E-state index in [9.17, 15) is 4.79 Å². The average molecular weight is 340 g/mol. The Hall–Kier alpha value is -2.14. The van der Waals surface area contributed by atoms with E-state index in [1.54, 1.807) is 6.26 Å². The number of rotatable bonds is 4. The molecule has 1 aromatic carbocycles. The molecule has 5 heteroatoms. The first kappa shape index (κ1) is 15.4. The number of nitrogens with zero attached hydrogens (tertiary/aromatic N) is 1. The lowest BCUT2D eigenvalue weighted by Gasteiger charge is -2.02. The van der Waals surface area contributed by atoms with Gasteiger partial charge in [-0.2, -0.15) is 0 Å². The first-order valence-corrected chi connectivity index (χ1v) is 9.25. The number of hydrogen-bond donors (Lipinski definition) is 1. The predicted molar refractivity (Wildman–Crippen MR) is 96.8 cm³/mol. The maximum absolute atomic E-state index is 12.4. The quantitative estimate of drug-likeness (QED) is 0.750. The summed E-state index contributed by atoms with van der Waals surface area (Å²) in [4.78, 5) is 16.8. The van der Waals surface area contributed by atoms with Gasteiger partial charge in [0.25, 0.3) is 0 Å². The van der Waals surface area contributed by atoms with Gasteiger partial charge in [-0.05, 0) is 48.4 Å². The zero-order valence-corrected chi connectivity index (χ0v) is 14.7. The van der Waals surface area contributed by atoms with Crippen molar-refractivity contribution >= 4 is 33.3 Å². The average Bonchev–Trinajstić information content (AvgIpc) is 3.25. The summed E-state index contributed by atoms with van der Waals surface area (Å²) >= 11 is 1.47. The smallest absolute Gasteiger partial charge is 0.230 e. The SMILES string of the molecule is CC(C)c1csc(NC(=O)Cc2coc3cc4c(cc23)CCC4)n1. The van der Waals surface area contributed by atoms with Gasteiger partial charge in [-0.3, -0.25) is 4.79 Å². The number of carbonyl (C=O) groups excluding carboxylic acids is 1.